The zero-order valence-electron chi connectivity index (χ0n) is 13.5. The first-order valence-corrected chi connectivity index (χ1v) is 8.12. The lowest BCUT2D eigenvalue weighted by Gasteiger charge is -2.25. The van der Waals surface area contributed by atoms with Crippen LogP contribution in [0, 0.1) is 18.8 Å². The highest BCUT2D eigenvalue weighted by Crippen LogP contribution is 2.25. The summed E-state index contributed by atoms with van der Waals surface area (Å²) in [6.07, 6.45) is 1.37. The lowest BCUT2D eigenvalue weighted by molar-refractivity contribution is 0.271. The average molecular weight is 274 g/mol. The van der Waals surface area contributed by atoms with E-state index in [1.165, 1.54) is 30.6 Å². The molecule has 1 aliphatic heterocycles. The highest BCUT2D eigenvalue weighted by Gasteiger charge is 2.26. The highest BCUT2D eigenvalue weighted by molar-refractivity contribution is 5.25. The van der Waals surface area contributed by atoms with Crippen LogP contribution in [0.3, 0.4) is 0 Å². The number of nitrogens with one attached hydrogen (secondary N) is 1. The normalized spacial score (nSPS) is 21.6. The Morgan fingerprint density at radius 3 is 2.75 bits per heavy atom. The van der Waals surface area contributed by atoms with Crippen LogP contribution in [0.25, 0.3) is 0 Å². The van der Waals surface area contributed by atoms with Gasteiger partial charge in [-0.3, -0.25) is 0 Å². The summed E-state index contributed by atoms with van der Waals surface area (Å²) in [7, 11) is 0. The molecule has 20 heavy (non-hydrogen) atoms. The molecule has 1 aromatic carbocycles. The van der Waals surface area contributed by atoms with E-state index in [9.17, 15) is 0 Å². The van der Waals surface area contributed by atoms with E-state index in [4.69, 9.17) is 0 Å². The minimum absolute atomic E-state index is 0.464. The van der Waals surface area contributed by atoms with Gasteiger partial charge in [-0.05, 0) is 43.8 Å². The number of benzene rings is 1. The largest absolute Gasteiger partial charge is 0.309 e. The molecule has 112 valence electrons. The van der Waals surface area contributed by atoms with Crippen LogP contribution in [0.1, 0.15) is 44.4 Å². The van der Waals surface area contributed by atoms with E-state index >= 15 is 0 Å². The molecule has 1 N–H and O–H groups in total. The number of hydrogen-bond acceptors (Lipinski definition) is 2. The molecule has 2 unspecified atom stereocenters. The van der Waals surface area contributed by atoms with Crippen LogP contribution in [0.2, 0.25) is 0 Å². The zero-order chi connectivity index (χ0) is 14.5. The van der Waals surface area contributed by atoms with Crippen molar-refractivity contribution in [3.8, 4) is 0 Å². The van der Waals surface area contributed by atoms with Crippen molar-refractivity contribution in [2.24, 2.45) is 11.8 Å². The second kappa shape index (κ2) is 7.24. The predicted molar refractivity (Wildman–Crippen MR) is 87.0 cm³/mol. The summed E-state index contributed by atoms with van der Waals surface area (Å²) in [6, 6.07) is 9.40. The molecule has 0 saturated carbocycles. The Morgan fingerprint density at radius 2 is 2.15 bits per heavy atom. The quantitative estimate of drug-likeness (QED) is 0.852. The van der Waals surface area contributed by atoms with Crippen LogP contribution in [0.5, 0.6) is 0 Å². The van der Waals surface area contributed by atoms with Crippen molar-refractivity contribution in [2.75, 3.05) is 26.2 Å². The first kappa shape index (κ1) is 15.5. The van der Waals surface area contributed by atoms with Crippen LogP contribution in [-0.2, 0) is 0 Å². The standard InChI is InChI=1S/C18H30N2/c1-5-19-18(16-8-6-7-15(4)11-16)13-20-10-9-17(12-20)14(2)3/h6-8,11,14,17-19H,5,9-10,12-13H2,1-4H3. The van der Waals surface area contributed by atoms with Gasteiger partial charge in [0.05, 0.1) is 0 Å². The smallest absolute Gasteiger partial charge is 0.0449 e. The van der Waals surface area contributed by atoms with E-state index in [2.05, 4.69) is 62.2 Å². The van der Waals surface area contributed by atoms with Crippen molar-refractivity contribution in [2.45, 2.75) is 40.2 Å². The summed E-state index contributed by atoms with van der Waals surface area (Å²) in [5, 5.41) is 3.66. The van der Waals surface area contributed by atoms with Gasteiger partial charge in [0, 0.05) is 19.1 Å². The molecule has 1 saturated heterocycles. The van der Waals surface area contributed by atoms with Gasteiger partial charge in [0.2, 0.25) is 0 Å². The third-order valence-electron chi connectivity index (χ3n) is 4.59. The number of aryl methyl sites for hydroxylation is 1. The van der Waals surface area contributed by atoms with E-state index in [1.54, 1.807) is 0 Å². The van der Waals surface area contributed by atoms with Gasteiger partial charge in [0.1, 0.15) is 0 Å². The predicted octanol–water partition coefficient (Wildman–Crippen LogP) is 3.62. The maximum atomic E-state index is 3.66. The topological polar surface area (TPSA) is 15.3 Å². The Kier molecular flexibility index (Phi) is 5.62. The number of rotatable bonds is 6. The van der Waals surface area contributed by atoms with Gasteiger partial charge < -0.3 is 10.2 Å². The first-order valence-electron chi connectivity index (χ1n) is 8.12. The minimum atomic E-state index is 0.464. The van der Waals surface area contributed by atoms with Gasteiger partial charge in [-0.15, -0.1) is 0 Å². The molecule has 0 radical (unpaired) electrons. The van der Waals surface area contributed by atoms with Crippen molar-refractivity contribution in [3.05, 3.63) is 35.4 Å². The van der Waals surface area contributed by atoms with Gasteiger partial charge >= 0.3 is 0 Å². The lowest BCUT2D eigenvalue weighted by Crippen LogP contribution is -2.34. The van der Waals surface area contributed by atoms with Crippen molar-refractivity contribution < 1.29 is 0 Å². The molecule has 1 heterocycles. The molecule has 2 atom stereocenters. The molecule has 2 rings (SSSR count). The Bertz CT molecular complexity index is 414. The Morgan fingerprint density at radius 1 is 1.35 bits per heavy atom. The molecule has 0 spiro atoms. The second-order valence-electron chi connectivity index (χ2n) is 6.58. The molecule has 1 aliphatic rings. The van der Waals surface area contributed by atoms with Crippen LogP contribution in [0.15, 0.2) is 24.3 Å². The third kappa shape index (κ3) is 4.07. The van der Waals surface area contributed by atoms with Gasteiger partial charge in [0.25, 0.3) is 0 Å². The van der Waals surface area contributed by atoms with Crippen LogP contribution >= 0.6 is 0 Å². The van der Waals surface area contributed by atoms with Crippen molar-refractivity contribution in [1.29, 1.82) is 0 Å². The van der Waals surface area contributed by atoms with E-state index in [-0.39, 0.29) is 0 Å². The molecule has 0 aliphatic carbocycles. The monoisotopic (exact) mass is 274 g/mol. The van der Waals surface area contributed by atoms with Crippen molar-refractivity contribution in [3.63, 3.8) is 0 Å². The fourth-order valence-electron chi connectivity index (χ4n) is 3.25. The molecule has 2 heteroatoms. The van der Waals surface area contributed by atoms with E-state index < -0.39 is 0 Å². The average Bonchev–Trinajstić information content (AvgIpc) is 2.87. The van der Waals surface area contributed by atoms with Crippen LogP contribution in [0.4, 0.5) is 0 Å². The molecule has 2 nitrogen and oxygen atoms in total. The number of hydrogen-bond donors (Lipinski definition) is 1. The molecule has 0 bridgehead atoms. The third-order valence-corrected chi connectivity index (χ3v) is 4.59. The van der Waals surface area contributed by atoms with Crippen LogP contribution in [-0.4, -0.2) is 31.1 Å². The maximum Gasteiger partial charge on any atom is 0.0449 e. The molecule has 1 fully saturated rings. The van der Waals surface area contributed by atoms with E-state index in [1.807, 2.05) is 0 Å². The Balaban J connectivity index is 2.00. The highest BCUT2D eigenvalue weighted by atomic mass is 15.2. The van der Waals surface area contributed by atoms with E-state index in [0.29, 0.717) is 6.04 Å². The summed E-state index contributed by atoms with van der Waals surface area (Å²) in [6.45, 7) is 13.8. The first-order chi connectivity index (χ1) is 9.60. The molecule has 0 aromatic heterocycles. The zero-order valence-corrected chi connectivity index (χ0v) is 13.5. The summed E-state index contributed by atoms with van der Waals surface area (Å²) in [5.41, 5.74) is 2.78. The van der Waals surface area contributed by atoms with Gasteiger partial charge in [-0.25, -0.2) is 0 Å². The lowest BCUT2D eigenvalue weighted by atomic mass is 9.95. The summed E-state index contributed by atoms with van der Waals surface area (Å²) >= 11 is 0. The van der Waals surface area contributed by atoms with Crippen molar-refractivity contribution >= 4 is 0 Å². The summed E-state index contributed by atoms with van der Waals surface area (Å²) < 4.78 is 0. The Labute approximate surface area is 124 Å². The van der Waals surface area contributed by atoms with Crippen molar-refractivity contribution in [1.82, 2.24) is 10.2 Å². The summed E-state index contributed by atoms with van der Waals surface area (Å²) in [4.78, 5) is 2.64. The summed E-state index contributed by atoms with van der Waals surface area (Å²) in [5.74, 6) is 1.70. The number of nitrogens with zero attached hydrogens (tertiary/aromatic N) is 1. The van der Waals surface area contributed by atoms with Gasteiger partial charge in [0.15, 0.2) is 0 Å². The number of likely N-dealkylation sites (N-methyl/N-ethyl adjacent to an activating group) is 1. The molecular formula is C18H30N2. The minimum Gasteiger partial charge on any atom is -0.309 e. The fourth-order valence-corrected chi connectivity index (χ4v) is 3.25. The second-order valence-corrected chi connectivity index (χ2v) is 6.58. The number of likely N-dealkylation sites (tertiary alicyclic amines) is 1. The van der Waals surface area contributed by atoms with E-state index in [0.717, 1.165) is 24.9 Å². The SMILES string of the molecule is CCNC(CN1CCC(C(C)C)C1)c1cccc(C)c1. The van der Waals surface area contributed by atoms with Gasteiger partial charge in [-0.2, -0.15) is 0 Å². The fraction of sp³-hybridized carbons (Fsp3) is 0.667. The van der Waals surface area contributed by atoms with Gasteiger partial charge in [-0.1, -0.05) is 50.6 Å². The molecule has 0 amide bonds. The Hall–Kier alpha value is -0.860. The molecular weight excluding hydrogens is 244 g/mol. The molecule has 1 aromatic rings. The van der Waals surface area contributed by atoms with Crippen LogP contribution < -0.4 is 5.32 Å². The maximum absolute atomic E-state index is 3.66.